The number of halogens is 1. The summed E-state index contributed by atoms with van der Waals surface area (Å²) in [5, 5.41) is 2.89. The number of carbonyl (C=O) groups excluding carboxylic acids is 2. The number of rotatable bonds is 3. The van der Waals surface area contributed by atoms with Crippen molar-refractivity contribution in [2.24, 2.45) is 5.73 Å². The van der Waals surface area contributed by atoms with Gasteiger partial charge in [0.25, 0.3) is 5.91 Å². The predicted molar refractivity (Wildman–Crippen MR) is 79.9 cm³/mol. The summed E-state index contributed by atoms with van der Waals surface area (Å²) in [6, 6.07) is 10.7. The first kappa shape index (κ1) is 14.3. The van der Waals surface area contributed by atoms with Gasteiger partial charge in [0.15, 0.2) is 0 Å². The lowest BCUT2D eigenvalue weighted by atomic mass is 10.1. The summed E-state index contributed by atoms with van der Waals surface area (Å²) in [5.74, 6) is -1.19. The molecule has 0 fully saturated rings. The number of hydrogen-bond donors (Lipinski definition) is 2. The van der Waals surface area contributed by atoms with Gasteiger partial charge in [-0.05, 0) is 54.3 Å². The Labute approximate surface area is 127 Å². The molecule has 0 heterocycles. The Morgan fingerprint density at radius 1 is 1.14 bits per heavy atom. The Balaban J connectivity index is 1.80. The highest BCUT2D eigenvalue weighted by atomic mass is 19.1. The summed E-state index contributed by atoms with van der Waals surface area (Å²) in [7, 11) is 0. The first-order valence-corrected chi connectivity index (χ1v) is 7.03. The Morgan fingerprint density at radius 2 is 1.91 bits per heavy atom. The summed E-state index contributed by atoms with van der Waals surface area (Å²) >= 11 is 0. The lowest BCUT2D eigenvalue weighted by Crippen LogP contribution is -2.27. The summed E-state index contributed by atoms with van der Waals surface area (Å²) < 4.78 is 13.4. The number of fused-ring (bicyclic) bond motifs is 1. The molecule has 0 aliphatic heterocycles. The molecule has 112 valence electrons. The van der Waals surface area contributed by atoms with Crippen LogP contribution in [-0.4, -0.2) is 11.8 Å². The van der Waals surface area contributed by atoms with E-state index in [2.05, 4.69) is 5.32 Å². The summed E-state index contributed by atoms with van der Waals surface area (Å²) in [5.41, 5.74) is 7.73. The van der Waals surface area contributed by atoms with Gasteiger partial charge in [-0.3, -0.25) is 9.59 Å². The number of amides is 2. The second-order valence-electron chi connectivity index (χ2n) is 5.35. The Bertz CT molecular complexity index is 758. The van der Waals surface area contributed by atoms with E-state index in [4.69, 9.17) is 5.73 Å². The van der Waals surface area contributed by atoms with Crippen molar-refractivity contribution >= 4 is 11.8 Å². The molecule has 4 nitrogen and oxygen atoms in total. The van der Waals surface area contributed by atoms with Crippen LogP contribution in [0.5, 0.6) is 0 Å². The van der Waals surface area contributed by atoms with Crippen LogP contribution in [0.4, 0.5) is 4.39 Å². The summed E-state index contributed by atoms with van der Waals surface area (Å²) in [6.45, 7) is 0. The van der Waals surface area contributed by atoms with Crippen LogP contribution in [-0.2, 0) is 6.42 Å². The summed E-state index contributed by atoms with van der Waals surface area (Å²) in [6.07, 6.45) is 1.54. The molecule has 2 amide bonds. The monoisotopic (exact) mass is 298 g/mol. The third-order valence-corrected chi connectivity index (χ3v) is 3.90. The maximum Gasteiger partial charge on any atom is 0.251 e. The molecular weight excluding hydrogens is 283 g/mol. The van der Waals surface area contributed by atoms with E-state index in [1.165, 1.54) is 18.2 Å². The lowest BCUT2D eigenvalue weighted by Gasteiger charge is -2.14. The van der Waals surface area contributed by atoms with Gasteiger partial charge in [0.1, 0.15) is 5.82 Å². The van der Waals surface area contributed by atoms with E-state index in [1.807, 2.05) is 0 Å². The van der Waals surface area contributed by atoms with Crippen LogP contribution < -0.4 is 11.1 Å². The normalized spacial score (nSPS) is 16.1. The number of aryl methyl sites for hydroxylation is 1. The topological polar surface area (TPSA) is 72.2 Å². The highest BCUT2D eigenvalue weighted by molar-refractivity contribution is 5.99. The molecule has 0 saturated heterocycles. The maximum absolute atomic E-state index is 13.4. The largest absolute Gasteiger partial charge is 0.366 e. The number of benzene rings is 2. The predicted octanol–water partition coefficient (Wildman–Crippen LogP) is 2.34. The average molecular weight is 298 g/mol. The number of hydrogen-bond acceptors (Lipinski definition) is 2. The SMILES string of the molecule is NC(=O)c1cccc(C(=O)N[C@H]2CCc3ccc(F)cc32)c1. The number of nitrogens with two attached hydrogens (primary N) is 1. The van der Waals surface area contributed by atoms with Gasteiger partial charge in [-0.1, -0.05) is 12.1 Å². The Morgan fingerprint density at radius 3 is 2.68 bits per heavy atom. The van der Waals surface area contributed by atoms with E-state index in [0.717, 1.165) is 24.0 Å². The Kier molecular flexibility index (Phi) is 3.63. The van der Waals surface area contributed by atoms with Gasteiger partial charge in [0.05, 0.1) is 6.04 Å². The molecule has 3 rings (SSSR count). The minimum atomic E-state index is -0.581. The minimum absolute atomic E-state index is 0.213. The fourth-order valence-electron chi connectivity index (χ4n) is 2.78. The number of primary amides is 1. The quantitative estimate of drug-likeness (QED) is 0.913. The smallest absolute Gasteiger partial charge is 0.251 e. The molecule has 3 N–H and O–H groups in total. The van der Waals surface area contributed by atoms with Gasteiger partial charge >= 0.3 is 0 Å². The Hall–Kier alpha value is -2.69. The zero-order chi connectivity index (χ0) is 15.7. The van der Waals surface area contributed by atoms with Gasteiger partial charge in [-0.15, -0.1) is 0 Å². The highest BCUT2D eigenvalue weighted by Crippen LogP contribution is 2.31. The molecule has 1 aliphatic carbocycles. The van der Waals surface area contributed by atoms with Gasteiger partial charge in [0.2, 0.25) is 5.91 Å². The van der Waals surface area contributed by atoms with Crippen LogP contribution in [0.2, 0.25) is 0 Å². The van der Waals surface area contributed by atoms with Crippen LogP contribution in [0.15, 0.2) is 42.5 Å². The lowest BCUT2D eigenvalue weighted by molar-refractivity contribution is 0.0936. The van der Waals surface area contributed by atoms with Crippen molar-refractivity contribution in [3.63, 3.8) is 0 Å². The van der Waals surface area contributed by atoms with Crippen LogP contribution in [0.1, 0.15) is 44.3 Å². The van der Waals surface area contributed by atoms with Crippen LogP contribution in [0, 0.1) is 5.82 Å². The molecule has 2 aromatic rings. The van der Waals surface area contributed by atoms with E-state index in [9.17, 15) is 14.0 Å². The molecule has 1 atom stereocenters. The van der Waals surface area contributed by atoms with Crippen LogP contribution in [0.3, 0.4) is 0 Å². The average Bonchev–Trinajstić information content (AvgIpc) is 2.89. The third-order valence-electron chi connectivity index (χ3n) is 3.90. The van der Waals surface area contributed by atoms with E-state index in [0.29, 0.717) is 5.56 Å². The zero-order valence-electron chi connectivity index (χ0n) is 11.8. The molecule has 2 aromatic carbocycles. The van der Waals surface area contributed by atoms with Crippen molar-refractivity contribution in [3.8, 4) is 0 Å². The van der Waals surface area contributed by atoms with Gasteiger partial charge in [0, 0.05) is 11.1 Å². The van der Waals surface area contributed by atoms with Gasteiger partial charge < -0.3 is 11.1 Å². The second kappa shape index (κ2) is 5.60. The van der Waals surface area contributed by atoms with Crippen molar-refractivity contribution in [2.45, 2.75) is 18.9 Å². The van der Waals surface area contributed by atoms with Crippen LogP contribution >= 0.6 is 0 Å². The zero-order valence-corrected chi connectivity index (χ0v) is 11.8. The van der Waals surface area contributed by atoms with Crippen molar-refractivity contribution in [3.05, 3.63) is 70.5 Å². The fourth-order valence-corrected chi connectivity index (χ4v) is 2.78. The maximum atomic E-state index is 13.4. The molecule has 0 radical (unpaired) electrons. The molecule has 0 unspecified atom stereocenters. The van der Waals surface area contributed by atoms with E-state index in [1.54, 1.807) is 24.3 Å². The second-order valence-corrected chi connectivity index (χ2v) is 5.35. The standard InChI is InChI=1S/C17H15FN2O2/c18-13-6-4-10-5-7-15(14(10)9-13)20-17(22)12-3-1-2-11(8-12)16(19)21/h1-4,6,8-9,15H,5,7H2,(H2,19,21)(H,20,22)/t15-/m0/s1. The molecule has 0 spiro atoms. The van der Waals surface area contributed by atoms with Gasteiger partial charge in [-0.2, -0.15) is 0 Å². The third kappa shape index (κ3) is 2.70. The molecule has 0 bridgehead atoms. The highest BCUT2D eigenvalue weighted by Gasteiger charge is 2.24. The van der Waals surface area contributed by atoms with E-state index < -0.39 is 5.91 Å². The van der Waals surface area contributed by atoms with Crippen molar-refractivity contribution in [2.75, 3.05) is 0 Å². The molecule has 0 aromatic heterocycles. The first-order valence-electron chi connectivity index (χ1n) is 7.03. The number of carbonyl (C=O) groups is 2. The molecule has 1 aliphatic rings. The van der Waals surface area contributed by atoms with Crippen molar-refractivity contribution in [1.82, 2.24) is 5.32 Å². The minimum Gasteiger partial charge on any atom is -0.366 e. The molecular formula is C17H15FN2O2. The molecule has 5 heteroatoms. The van der Waals surface area contributed by atoms with Crippen molar-refractivity contribution < 1.29 is 14.0 Å². The van der Waals surface area contributed by atoms with E-state index in [-0.39, 0.29) is 23.3 Å². The summed E-state index contributed by atoms with van der Waals surface area (Å²) in [4.78, 5) is 23.5. The van der Waals surface area contributed by atoms with Crippen molar-refractivity contribution in [1.29, 1.82) is 0 Å². The molecule has 0 saturated carbocycles. The molecule has 22 heavy (non-hydrogen) atoms. The van der Waals surface area contributed by atoms with Gasteiger partial charge in [-0.25, -0.2) is 4.39 Å². The number of nitrogens with one attached hydrogen (secondary N) is 1. The van der Waals surface area contributed by atoms with Crippen LogP contribution in [0.25, 0.3) is 0 Å². The first-order chi connectivity index (χ1) is 10.5. The van der Waals surface area contributed by atoms with E-state index >= 15 is 0 Å². The fraction of sp³-hybridized carbons (Fsp3) is 0.176.